The summed E-state index contributed by atoms with van der Waals surface area (Å²) >= 11 is 0.878. The molecule has 0 atom stereocenters. The Morgan fingerprint density at radius 1 is 1.08 bits per heavy atom. The molecule has 1 fully saturated rings. The molecule has 1 heterocycles. The molecule has 0 radical (unpaired) electrons. The van der Waals surface area contributed by atoms with Gasteiger partial charge in [0.15, 0.2) is 0 Å². The Kier molecular flexibility index (Phi) is 5.19. The van der Waals surface area contributed by atoms with Crippen molar-refractivity contribution >= 4 is 29.0 Å². The first kappa shape index (κ1) is 17.2. The summed E-state index contributed by atoms with van der Waals surface area (Å²) in [6.07, 6.45) is 1.59. The van der Waals surface area contributed by atoms with Gasteiger partial charge in [0.25, 0.3) is 11.1 Å². The second-order valence-electron chi connectivity index (χ2n) is 5.55. The van der Waals surface area contributed by atoms with Crippen LogP contribution in [0.4, 0.5) is 9.18 Å². The number of ether oxygens (including phenoxy) is 1. The minimum Gasteiger partial charge on any atom is -0.492 e. The number of amides is 2. The second-order valence-corrected chi connectivity index (χ2v) is 6.54. The van der Waals surface area contributed by atoms with Crippen molar-refractivity contribution < 1.29 is 18.7 Å². The van der Waals surface area contributed by atoms with Gasteiger partial charge in [-0.1, -0.05) is 29.8 Å². The van der Waals surface area contributed by atoms with Gasteiger partial charge in [0, 0.05) is 0 Å². The largest absolute Gasteiger partial charge is 0.492 e. The fraction of sp³-hybridized carbons (Fsp3) is 0.158. The molecular weight excluding hydrogens is 341 g/mol. The zero-order valence-electron chi connectivity index (χ0n) is 13.6. The summed E-state index contributed by atoms with van der Waals surface area (Å²) in [6, 6.07) is 13.3. The summed E-state index contributed by atoms with van der Waals surface area (Å²) in [6.45, 7) is 2.39. The van der Waals surface area contributed by atoms with Gasteiger partial charge in [-0.15, -0.1) is 0 Å². The highest BCUT2D eigenvalue weighted by molar-refractivity contribution is 8.18. The van der Waals surface area contributed by atoms with Gasteiger partial charge in [0.1, 0.15) is 18.2 Å². The van der Waals surface area contributed by atoms with Gasteiger partial charge in [-0.25, -0.2) is 4.39 Å². The zero-order chi connectivity index (χ0) is 17.8. The van der Waals surface area contributed by atoms with Crippen LogP contribution >= 0.6 is 11.8 Å². The van der Waals surface area contributed by atoms with Crippen LogP contribution in [-0.4, -0.2) is 29.2 Å². The summed E-state index contributed by atoms with van der Waals surface area (Å²) in [5.74, 6) is -0.00948. The van der Waals surface area contributed by atoms with E-state index < -0.39 is 0 Å². The summed E-state index contributed by atoms with van der Waals surface area (Å²) in [5.41, 5.74) is 1.80. The molecule has 6 heteroatoms. The van der Waals surface area contributed by atoms with Crippen LogP contribution in [0.2, 0.25) is 0 Å². The molecule has 3 rings (SSSR count). The average Bonchev–Trinajstić information content (AvgIpc) is 2.86. The summed E-state index contributed by atoms with van der Waals surface area (Å²) in [4.78, 5) is 25.9. The minimum atomic E-state index is -0.355. The normalized spacial score (nSPS) is 15.9. The van der Waals surface area contributed by atoms with Crippen molar-refractivity contribution in [2.24, 2.45) is 0 Å². The summed E-state index contributed by atoms with van der Waals surface area (Å²) in [7, 11) is 0. The quantitative estimate of drug-likeness (QED) is 0.751. The molecule has 0 aliphatic carbocycles. The number of halogens is 1. The molecule has 0 saturated carbocycles. The molecule has 128 valence electrons. The van der Waals surface area contributed by atoms with E-state index >= 15 is 0 Å². The standard InChI is InChI=1S/C19H16FNO3S/c1-13-2-8-16(9-3-13)24-11-10-21-18(22)17(25-19(21)23)12-14-4-6-15(20)7-5-14/h2-9,12H,10-11H2,1H3. The smallest absolute Gasteiger partial charge is 0.293 e. The molecule has 1 saturated heterocycles. The van der Waals surface area contributed by atoms with Gasteiger partial charge >= 0.3 is 0 Å². The summed E-state index contributed by atoms with van der Waals surface area (Å²) in [5, 5.41) is -0.328. The highest BCUT2D eigenvalue weighted by Gasteiger charge is 2.34. The lowest BCUT2D eigenvalue weighted by Crippen LogP contribution is -2.32. The van der Waals surface area contributed by atoms with E-state index in [2.05, 4.69) is 0 Å². The molecule has 0 aromatic heterocycles. The third-order valence-corrected chi connectivity index (χ3v) is 4.55. The van der Waals surface area contributed by atoms with E-state index in [4.69, 9.17) is 4.74 Å². The van der Waals surface area contributed by atoms with E-state index in [-0.39, 0.29) is 30.1 Å². The van der Waals surface area contributed by atoms with Gasteiger partial charge in [-0.05, 0) is 54.6 Å². The molecule has 0 N–H and O–H groups in total. The van der Waals surface area contributed by atoms with Crippen LogP contribution in [0.25, 0.3) is 6.08 Å². The molecule has 2 amide bonds. The predicted octanol–water partition coefficient (Wildman–Crippen LogP) is 4.25. The number of nitrogens with zero attached hydrogens (tertiary/aromatic N) is 1. The zero-order valence-corrected chi connectivity index (χ0v) is 14.4. The predicted molar refractivity (Wildman–Crippen MR) is 95.8 cm³/mol. The number of aryl methyl sites for hydroxylation is 1. The number of imide groups is 1. The first-order valence-corrected chi connectivity index (χ1v) is 8.55. The topological polar surface area (TPSA) is 46.6 Å². The highest BCUT2D eigenvalue weighted by atomic mass is 32.2. The Morgan fingerprint density at radius 3 is 2.44 bits per heavy atom. The fourth-order valence-electron chi connectivity index (χ4n) is 2.29. The Hall–Kier alpha value is -2.60. The number of thioether (sulfide) groups is 1. The van der Waals surface area contributed by atoms with E-state index in [1.807, 2.05) is 31.2 Å². The number of carbonyl (C=O) groups excluding carboxylic acids is 2. The molecule has 0 unspecified atom stereocenters. The minimum absolute atomic E-state index is 0.180. The molecule has 0 bridgehead atoms. The SMILES string of the molecule is Cc1ccc(OCCN2C(=O)SC(=Cc3ccc(F)cc3)C2=O)cc1. The molecule has 2 aromatic rings. The van der Waals surface area contributed by atoms with Crippen molar-refractivity contribution in [3.63, 3.8) is 0 Å². The number of rotatable bonds is 5. The molecule has 25 heavy (non-hydrogen) atoms. The van der Waals surface area contributed by atoms with Crippen molar-refractivity contribution in [3.8, 4) is 5.75 Å². The fourth-order valence-corrected chi connectivity index (χ4v) is 3.16. The maximum absolute atomic E-state index is 12.9. The van der Waals surface area contributed by atoms with Crippen molar-refractivity contribution in [3.05, 3.63) is 70.4 Å². The number of hydrogen-bond donors (Lipinski definition) is 0. The first-order chi connectivity index (χ1) is 12.0. The van der Waals surface area contributed by atoms with Crippen molar-refractivity contribution in [1.29, 1.82) is 0 Å². The van der Waals surface area contributed by atoms with Crippen LogP contribution in [0.5, 0.6) is 5.75 Å². The van der Waals surface area contributed by atoms with Gasteiger partial charge in [0.05, 0.1) is 11.4 Å². The number of hydrogen-bond acceptors (Lipinski definition) is 4. The van der Waals surface area contributed by atoms with Crippen LogP contribution in [0.3, 0.4) is 0 Å². The molecule has 0 spiro atoms. The maximum atomic E-state index is 12.9. The lowest BCUT2D eigenvalue weighted by atomic mass is 10.2. The lowest BCUT2D eigenvalue weighted by molar-refractivity contribution is -0.123. The third-order valence-electron chi connectivity index (χ3n) is 3.65. The first-order valence-electron chi connectivity index (χ1n) is 7.73. The van der Waals surface area contributed by atoms with Gasteiger partial charge in [-0.3, -0.25) is 14.5 Å². The van der Waals surface area contributed by atoms with E-state index in [9.17, 15) is 14.0 Å². The van der Waals surface area contributed by atoms with E-state index in [0.717, 1.165) is 22.2 Å². The Morgan fingerprint density at radius 2 is 1.76 bits per heavy atom. The highest BCUT2D eigenvalue weighted by Crippen LogP contribution is 2.32. The third kappa shape index (κ3) is 4.28. The summed E-state index contributed by atoms with van der Waals surface area (Å²) < 4.78 is 18.5. The van der Waals surface area contributed by atoms with Crippen molar-refractivity contribution in [2.45, 2.75) is 6.92 Å². The Bertz CT molecular complexity index is 816. The van der Waals surface area contributed by atoms with Crippen LogP contribution in [0, 0.1) is 12.7 Å². The van der Waals surface area contributed by atoms with Crippen molar-refractivity contribution in [1.82, 2.24) is 4.90 Å². The van der Waals surface area contributed by atoms with Crippen LogP contribution in [-0.2, 0) is 4.79 Å². The second kappa shape index (κ2) is 7.53. The Balaban J connectivity index is 1.61. The molecule has 1 aliphatic heterocycles. The molecule has 1 aliphatic rings. The maximum Gasteiger partial charge on any atom is 0.293 e. The van der Waals surface area contributed by atoms with Crippen LogP contribution in [0.1, 0.15) is 11.1 Å². The lowest BCUT2D eigenvalue weighted by Gasteiger charge is -2.13. The van der Waals surface area contributed by atoms with Gasteiger partial charge < -0.3 is 4.74 Å². The van der Waals surface area contributed by atoms with E-state index in [1.54, 1.807) is 18.2 Å². The Labute approximate surface area is 149 Å². The molecule has 2 aromatic carbocycles. The average molecular weight is 357 g/mol. The van der Waals surface area contributed by atoms with E-state index in [0.29, 0.717) is 16.2 Å². The number of benzene rings is 2. The van der Waals surface area contributed by atoms with Crippen LogP contribution < -0.4 is 4.74 Å². The van der Waals surface area contributed by atoms with Gasteiger partial charge in [0.2, 0.25) is 0 Å². The van der Waals surface area contributed by atoms with Gasteiger partial charge in [-0.2, -0.15) is 0 Å². The molecule has 4 nitrogen and oxygen atoms in total. The van der Waals surface area contributed by atoms with E-state index in [1.165, 1.54) is 12.1 Å². The molecular formula is C19H16FNO3S. The van der Waals surface area contributed by atoms with Crippen molar-refractivity contribution in [2.75, 3.05) is 13.2 Å². The monoisotopic (exact) mass is 357 g/mol. The van der Waals surface area contributed by atoms with Crippen LogP contribution in [0.15, 0.2) is 53.4 Å². The number of carbonyl (C=O) groups is 2.